The Balaban J connectivity index is 2.46. The summed E-state index contributed by atoms with van der Waals surface area (Å²) in [6.07, 6.45) is 2.19. The lowest BCUT2D eigenvalue weighted by Gasteiger charge is -2.26. The molecule has 0 amide bonds. The first-order valence-electron chi connectivity index (χ1n) is 6.50. The van der Waals surface area contributed by atoms with Gasteiger partial charge in [-0.25, -0.2) is 8.42 Å². The van der Waals surface area contributed by atoms with Crippen molar-refractivity contribution >= 4 is 43.2 Å². The van der Waals surface area contributed by atoms with E-state index < -0.39 is 10.0 Å². The van der Waals surface area contributed by atoms with Crippen molar-refractivity contribution < 1.29 is 8.42 Å². The van der Waals surface area contributed by atoms with Crippen LogP contribution >= 0.6 is 27.5 Å². The van der Waals surface area contributed by atoms with E-state index >= 15 is 0 Å². The van der Waals surface area contributed by atoms with E-state index in [9.17, 15) is 8.42 Å². The molecule has 1 saturated carbocycles. The van der Waals surface area contributed by atoms with Gasteiger partial charge in [0.05, 0.1) is 9.37 Å². The molecule has 2 N–H and O–H groups in total. The summed E-state index contributed by atoms with van der Waals surface area (Å²) in [7, 11) is -3.61. The van der Waals surface area contributed by atoms with Crippen LogP contribution in [0.1, 0.15) is 26.7 Å². The van der Waals surface area contributed by atoms with Crippen molar-refractivity contribution in [2.24, 2.45) is 5.92 Å². The lowest BCUT2D eigenvalue weighted by atomic mass is 10.3. The summed E-state index contributed by atoms with van der Waals surface area (Å²) in [5.74, 6) is 0.475. The predicted octanol–water partition coefficient (Wildman–Crippen LogP) is 3.49. The van der Waals surface area contributed by atoms with Crippen LogP contribution in [0.4, 0.5) is 5.69 Å². The normalized spacial score (nSPS) is 16.1. The van der Waals surface area contributed by atoms with Crippen LogP contribution in [0.15, 0.2) is 21.5 Å². The fourth-order valence-corrected chi connectivity index (χ4v) is 5.01. The maximum atomic E-state index is 12.8. The number of sulfonamides is 1. The number of anilines is 1. The summed E-state index contributed by atoms with van der Waals surface area (Å²) in [4.78, 5) is 0.136. The standard InChI is InChI=1S/C13H18BrClN2O2S/c1-8(2)17(7-9-3-4-9)20(18,19)12-6-10(15)5-11(16)13(12)14/h5-6,8-9H,3-4,7,16H2,1-2H3. The number of nitrogen functional groups attached to an aromatic ring is 1. The molecular formula is C13H18BrClN2O2S. The van der Waals surface area contributed by atoms with Gasteiger partial charge in [-0.05, 0) is 60.7 Å². The van der Waals surface area contributed by atoms with Crippen LogP contribution in [-0.4, -0.2) is 25.3 Å². The summed E-state index contributed by atoms with van der Waals surface area (Å²) in [5, 5.41) is 0.319. The van der Waals surface area contributed by atoms with Gasteiger partial charge in [0.2, 0.25) is 10.0 Å². The highest BCUT2D eigenvalue weighted by Crippen LogP contribution is 2.36. The number of halogens is 2. The Bertz CT molecular complexity index is 615. The molecule has 0 atom stereocenters. The van der Waals surface area contributed by atoms with Crippen LogP contribution < -0.4 is 5.73 Å². The van der Waals surface area contributed by atoms with Gasteiger partial charge in [0.15, 0.2) is 0 Å². The molecule has 0 spiro atoms. The number of nitrogens with two attached hydrogens (primary N) is 1. The van der Waals surface area contributed by atoms with E-state index in [4.69, 9.17) is 17.3 Å². The number of nitrogens with zero attached hydrogens (tertiary/aromatic N) is 1. The molecule has 20 heavy (non-hydrogen) atoms. The van der Waals surface area contributed by atoms with Crippen LogP contribution in [0.2, 0.25) is 5.02 Å². The summed E-state index contributed by atoms with van der Waals surface area (Å²) in [6, 6.07) is 2.87. The Labute approximate surface area is 133 Å². The number of hydrogen-bond acceptors (Lipinski definition) is 3. The molecule has 0 saturated heterocycles. The highest BCUT2D eigenvalue weighted by Gasteiger charge is 2.34. The van der Waals surface area contributed by atoms with Crippen molar-refractivity contribution in [3.05, 3.63) is 21.6 Å². The minimum atomic E-state index is -3.61. The lowest BCUT2D eigenvalue weighted by Crippen LogP contribution is -2.38. The Morgan fingerprint density at radius 1 is 1.45 bits per heavy atom. The Morgan fingerprint density at radius 2 is 2.05 bits per heavy atom. The topological polar surface area (TPSA) is 63.4 Å². The van der Waals surface area contributed by atoms with Crippen LogP contribution in [0.3, 0.4) is 0 Å². The van der Waals surface area contributed by atoms with Crippen molar-refractivity contribution in [3.8, 4) is 0 Å². The van der Waals surface area contributed by atoms with E-state index in [-0.39, 0.29) is 10.9 Å². The highest BCUT2D eigenvalue weighted by molar-refractivity contribution is 9.10. The van der Waals surface area contributed by atoms with Crippen molar-refractivity contribution in [2.45, 2.75) is 37.6 Å². The zero-order chi connectivity index (χ0) is 15.1. The lowest BCUT2D eigenvalue weighted by molar-refractivity contribution is 0.341. The summed E-state index contributed by atoms with van der Waals surface area (Å²) >= 11 is 9.21. The Kier molecular flexibility index (Phi) is 4.69. The molecule has 0 bridgehead atoms. The molecule has 0 heterocycles. The predicted molar refractivity (Wildman–Crippen MR) is 85.3 cm³/mol. The van der Waals surface area contributed by atoms with Gasteiger partial charge >= 0.3 is 0 Å². The van der Waals surface area contributed by atoms with E-state index in [0.717, 1.165) is 12.8 Å². The molecule has 1 aromatic carbocycles. The van der Waals surface area contributed by atoms with Crippen molar-refractivity contribution in [1.29, 1.82) is 0 Å². The van der Waals surface area contributed by atoms with Gasteiger partial charge < -0.3 is 5.73 Å². The molecule has 0 aromatic heterocycles. The second-order valence-electron chi connectivity index (χ2n) is 5.42. The van der Waals surface area contributed by atoms with Crippen molar-refractivity contribution in [1.82, 2.24) is 4.31 Å². The average Bonchev–Trinajstić information content (AvgIpc) is 3.13. The molecule has 0 unspecified atom stereocenters. The van der Waals surface area contributed by atoms with Crippen LogP contribution in [-0.2, 0) is 10.0 Å². The quantitative estimate of drug-likeness (QED) is 0.794. The first-order chi connectivity index (χ1) is 9.23. The van der Waals surface area contributed by atoms with Crippen LogP contribution in [0.5, 0.6) is 0 Å². The Morgan fingerprint density at radius 3 is 2.55 bits per heavy atom. The second kappa shape index (κ2) is 5.83. The summed E-state index contributed by atoms with van der Waals surface area (Å²) in [5.41, 5.74) is 6.12. The maximum absolute atomic E-state index is 12.8. The first-order valence-corrected chi connectivity index (χ1v) is 9.11. The largest absolute Gasteiger partial charge is 0.398 e. The first kappa shape index (κ1) is 16.1. The third-order valence-electron chi connectivity index (χ3n) is 3.33. The smallest absolute Gasteiger partial charge is 0.244 e. The minimum Gasteiger partial charge on any atom is -0.398 e. The molecule has 1 fully saturated rings. The highest BCUT2D eigenvalue weighted by atomic mass is 79.9. The number of benzene rings is 1. The number of rotatable bonds is 5. The molecule has 4 nitrogen and oxygen atoms in total. The molecule has 2 rings (SSSR count). The van der Waals surface area contributed by atoms with Gasteiger partial charge in [-0.3, -0.25) is 0 Å². The fourth-order valence-electron chi connectivity index (χ4n) is 2.04. The zero-order valence-corrected chi connectivity index (χ0v) is 14.6. The van der Waals surface area contributed by atoms with Gasteiger partial charge in [0, 0.05) is 23.3 Å². The van der Waals surface area contributed by atoms with E-state index in [1.165, 1.54) is 16.4 Å². The summed E-state index contributed by atoms with van der Waals surface area (Å²) < 4.78 is 27.6. The molecule has 112 valence electrons. The Hall–Kier alpha value is -0.300. The minimum absolute atomic E-state index is 0.104. The maximum Gasteiger partial charge on any atom is 0.244 e. The molecule has 1 aliphatic carbocycles. The van der Waals surface area contributed by atoms with Crippen LogP contribution in [0, 0.1) is 5.92 Å². The van der Waals surface area contributed by atoms with E-state index in [0.29, 0.717) is 27.6 Å². The van der Waals surface area contributed by atoms with E-state index in [2.05, 4.69) is 15.9 Å². The third-order valence-corrected chi connectivity index (χ3v) is 6.76. The van der Waals surface area contributed by atoms with E-state index in [1.54, 1.807) is 0 Å². The number of hydrogen-bond donors (Lipinski definition) is 1. The summed E-state index contributed by atoms with van der Waals surface area (Å²) in [6.45, 7) is 4.31. The molecular weight excluding hydrogens is 364 g/mol. The van der Waals surface area contributed by atoms with Gasteiger partial charge in [-0.1, -0.05) is 11.6 Å². The van der Waals surface area contributed by atoms with Gasteiger partial charge in [0.25, 0.3) is 0 Å². The average molecular weight is 382 g/mol. The van der Waals surface area contributed by atoms with Crippen molar-refractivity contribution in [3.63, 3.8) is 0 Å². The SMILES string of the molecule is CC(C)N(CC1CC1)S(=O)(=O)c1cc(Cl)cc(N)c1Br. The zero-order valence-electron chi connectivity index (χ0n) is 11.4. The molecule has 1 aromatic rings. The second-order valence-corrected chi connectivity index (χ2v) is 8.51. The van der Waals surface area contributed by atoms with Crippen LogP contribution in [0.25, 0.3) is 0 Å². The molecule has 0 aliphatic heterocycles. The van der Waals surface area contributed by atoms with Gasteiger partial charge in [-0.15, -0.1) is 0 Å². The third kappa shape index (κ3) is 3.30. The molecule has 0 radical (unpaired) electrons. The van der Waals surface area contributed by atoms with E-state index in [1.807, 2.05) is 13.8 Å². The molecule has 7 heteroatoms. The van der Waals surface area contributed by atoms with Crippen molar-refractivity contribution in [2.75, 3.05) is 12.3 Å². The van der Waals surface area contributed by atoms with Gasteiger partial charge in [0.1, 0.15) is 0 Å². The molecule has 1 aliphatic rings. The van der Waals surface area contributed by atoms with Gasteiger partial charge in [-0.2, -0.15) is 4.31 Å². The monoisotopic (exact) mass is 380 g/mol. The fraction of sp³-hybridized carbons (Fsp3) is 0.538.